The Bertz CT molecular complexity index is 1650. The monoisotopic (exact) mass is 593 g/mol. The Morgan fingerprint density at radius 1 is 0.977 bits per heavy atom. The predicted octanol–water partition coefficient (Wildman–Crippen LogP) is 1.71. The number of aromatic nitrogens is 5. The van der Waals surface area contributed by atoms with Crippen molar-refractivity contribution in [3.05, 3.63) is 89.6 Å². The molecule has 224 valence electrons. The van der Waals surface area contributed by atoms with Gasteiger partial charge in [0.25, 0.3) is 5.91 Å². The van der Waals surface area contributed by atoms with Gasteiger partial charge in [0.2, 0.25) is 23.7 Å². The number of likely N-dealkylation sites (N-methyl/N-ethyl adjacent to an activating group) is 1. The molecule has 1 fully saturated rings. The third-order valence-electron chi connectivity index (χ3n) is 7.09. The third-order valence-corrected chi connectivity index (χ3v) is 7.09. The van der Waals surface area contributed by atoms with Gasteiger partial charge in [-0.2, -0.15) is 10.2 Å². The van der Waals surface area contributed by atoms with Gasteiger partial charge in [0.05, 0.1) is 11.6 Å². The number of hydrogen-bond donors (Lipinski definition) is 4. The maximum atomic E-state index is 12.7. The maximum Gasteiger partial charge on any atom is 0.278 e. The summed E-state index contributed by atoms with van der Waals surface area (Å²) in [7, 11) is 1.56. The molecule has 0 bridgehead atoms. The highest BCUT2D eigenvalue weighted by molar-refractivity contribution is 5.94. The van der Waals surface area contributed by atoms with E-state index in [0.29, 0.717) is 50.7 Å². The van der Waals surface area contributed by atoms with E-state index < -0.39 is 6.04 Å². The molecule has 14 nitrogen and oxygen atoms in total. The molecular formula is C30H31N11O3. The van der Waals surface area contributed by atoms with Crippen LogP contribution in [0.1, 0.15) is 27.2 Å². The molecule has 0 saturated carbocycles. The Balaban J connectivity index is 1.18. The van der Waals surface area contributed by atoms with Crippen LogP contribution in [0.25, 0.3) is 0 Å². The average molecular weight is 594 g/mol. The maximum absolute atomic E-state index is 12.7. The molecule has 1 aliphatic rings. The number of carbonyl (C=O) groups excluding carboxylic acids is 2. The van der Waals surface area contributed by atoms with Crippen LogP contribution >= 0.6 is 0 Å². The van der Waals surface area contributed by atoms with Gasteiger partial charge >= 0.3 is 0 Å². The lowest BCUT2D eigenvalue weighted by atomic mass is 10.0. The molecule has 2 aromatic heterocycles. The molecule has 4 N–H and O–H groups in total. The summed E-state index contributed by atoms with van der Waals surface area (Å²) in [4.78, 5) is 49.8. The number of anilines is 3. The molecule has 0 radical (unpaired) electrons. The number of nitriles is 1. The van der Waals surface area contributed by atoms with Crippen LogP contribution in [-0.4, -0.2) is 90.9 Å². The summed E-state index contributed by atoms with van der Waals surface area (Å²) < 4.78 is 0. The molecule has 1 aliphatic heterocycles. The summed E-state index contributed by atoms with van der Waals surface area (Å²) in [5.41, 5.74) is 3.24. The van der Waals surface area contributed by atoms with Gasteiger partial charge in [0, 0.05) is 64.3 Å². The Hall–Kier alpha value is -5.68. The largest absolute Gasteiger partial charge is 0.492 e. The van der Waals surface area contributed by atoms with Crippen molar-refractivity contribution in [1.82, 2.24) is 40.0 Å². The van der Waals surface area contributed by atoms with Gasteiger partial charge in [0.1, 0.15) is 12.4 Å². The molecule has 14 heteroatoms. The van der Waals surface area contributed by atoms with Gasteiger partial charge in [-0.05, 0) is 35.4 Å². The van der Waals surface area contributed by atoms with Crippen molar-refractivity contribution in [3.63, 3.8) is 0 Å². The van der Waals surface area contributed by atoms with Gasteiger partial charge in [-0.15, -0.1) is 0 Å². The zero-order valence-corrected chi connectivity index (χ0v) is 24.0. The summed E-state index contributed by atoms with van der Waals surface area (Å²) in [6.07, 6.45) is 4.46. The minimum absolute atomic E-state index is 0.0353. The Labute approximate surface area is 253 Å². The standard InChI is InChI=1S/C30H31N11O3/c1-32-26(42)24(16-20-5-7-21(17-31)8-6-20)38-30-36-19-35-29(39-30)37-23-4-2-3-22(15-23)18-40-11-13-41(14-12-40)28(44)25-27(43)34-10-9-33-25/h2-10,15,19,24H,11-14,16,18H2,1H3,(H,32,42)(H,34,43)(H2,35,36,37,38,39)/t24-/m0/s1. The summed E-state index contributed by atoms with van der Waals surface area (Å²) in [5.74, 6) is -0.367. The number of rotatable bonds is 10. The van der Waals surface area contributed by atoms with Crippen molar-refractivity contribution in [2.75, 3.05) is 43.9 Å². The van der Waals surface area contributed by atoms with E-state index >= 15 is 0 Å². The van der Waals surface area contributed by atoms with Crippen molar-refractivity contribution in [2.45, 2.75) is 19.0 Å². The number of aromatic hydroxyl groups is 1. The van der Waals surface area contributed by atoms with E-state index in [-0.39, 0.29) is 29.3 Å². The molecule has 0 spiro atoms. The van der Waals surface area contributed by atoms with Crippen molar-refractivity contribution < 1.29 is 14.7 Å². The van der Waals surface area contributed by atoms with Crippen LogP contribution in [0, 0.1) is 11.3 Å². The topological polar surface area (TPSA) is 185 Å². The van der Waals surface area contributed by atoms with E-state index in [1.54, 1.807) is 24.1 Å². The summed E-state index contributed by atoms with van der Waals surface area (Å²) >= 11 is 0. The molecular weight excluding hydrogens is 562 g/mol. The fourth-order valence-electron chi connectivity index (χ4n) is 4.79. The molecule has 0 unspecified atom stereocenters. The zero-order valence-electron chi connectivity index (χ0n) is 24.0. The normalized spacial score (nSPS) is 13.9. The van der Waals surface area contributed by atoms with E-state index in [0.717, 1.165) is 16.8 Å². The first-order valence-electron chi connectivity index (χ1n) is 14.0. The lowest BCUT2D eigenvalue weighted by Crippen LogP contribution is -2.48. The van der Waals surface area contributed by atoms with Crippen molar-refractivity contribution in [2.24, 2.45) is 0 Å². The van der Waals surface area contributed by atoms with Crippen molar-refractivity contribution >= 4 is 29.4 Å². The molecule has 3 heterocycles. The lowest BCUT2D eigenvalue weighted by molar-refractivity contribution is -0.121. The second-order valence-electron chi connectivity index (χ2n) is 10.1. The van der Waals surface area contributed by atoms with Crippen LogP contribution in [0.2, 0.25) is 0 Å². The molecule has 1 atom stereocenters. The minimum atomic E-state index is -0.645. The summed E-state index contributed by atoms with van der Waals surface area (Å²) in [6, 6.07) is 16.4. The third kappa shape index (κ3) is 7.58. The lowest BCUT2D eigenvalue weighted by Gasteiger charge is -2.34. The average Bonchev–Trinajstić information content (AvgIpc) is 3.05. The van der Waals surface area contributed by atoms with Gasteiger partial charge in [-0.1, -0.05) is 24.3 Å². The predicted molar refractivity (Wildman–Crippen MR) is 161 cm³/mol. The molecule has 2 aromatic carbocycles. The van der Waals surface area contributed by atoms with Crippen LogP contribution in [-0.2, 0) is 17.8 Å². The van der Waals surface area contributed by atoms with Gasteiger partial charge < -0.3 is 26.0 Å². The van der Waals surface area contributed by atoms with E-state index in [1.165, 1.54) is 18.7 Å². The Morgan fingerprint density at radius 2 is 1.73 bits per heavy atom. The summed E-state index contributed by atoms with van der Waals surface area (Å²) in [5, 5.41) is 27.9. The molecule has 4 aromatic rings. The first-order chi connectivity index (χ1) is 21.4. The van der Waals surface area contributed by atoms with E-state index in [1.807, 2.05) is 36.4 Å². The summed E-state index contributed by atoms with van der Waals surface area (Å²) in [6.45, 7) is 3.04. The van der Waals surface area contributed by atoms with Gasteiger partial charge in [-0.3, -0.25) is 14.5 Å². The number of benzene rings is 2. The Kier molecular flexibility index (Phi) is 9.48. The SMILES string of the molecule is CNC(=O)[C@H](Cc1ccc(C#N)cc1)Nc1ncnc(Nc2cccc(CN3CCN(C(=O)c4nccnc4O)CC3)c2)n1. The molecule has 1 saturated heterocycles. The fraction of sp³-hybridized carbons (Fsp3) is 0.267. The van der Waals surface area contributed by atoms with Crippen LogP contribution in [0.15, 0.2) is 67.3 Å². The number of carbonyl (C=O) groups is 2. The number of amides is 2. The van der Waals surface area contributed by atoms with Crippen molar-refractivity contribution in [3.8, 4) is 11.9 Å². The molecule has 44 heavy (non-hydrogen) atoms. The highest BCUT2D eigenvalue weighted by atomic mass is 16.3. The quantitative estimate of drug-likeness (QED) is 0.209. The fourth-order valence-corrected chi connectivity index (χ4v) is 4.79. The smallest absolute Gasteiger partial charge is 0.278 e. The van der Waals surface area contributed by atoms with E-state index in [9.17, 15) is 14.7 Å². The highest BCUT2D eigenvalue weighted by Gasteiger charge is 2.25. The molecule has 0 aliphatic carbocycles. The van der Waals surface area contributed by atoms with Crippen LogP contribution < -0.4 is 16.0 Å². The van der Waals surface area contributed by atoms with Gasteiger partial charge in [0.15, 0.2) is 5.69 Å². The Morgan fingerprint density at radius 3 is 2.45 bits per heavy atom. The van der Waals surface area contributed by atoms with Crippen LogP contribution in [0.4, 0.5) is 17.6 Å². The van der Waals surface area contributed by atoms with Gasteiger partial charge in [-0.25, -0.2) is 19.9 Å². The first-order valence-corrected chi connectivity index (χ1v) is 14.0. The molecule has 2 amide bonds. The first kappa shape index (κ1) is 29.8. The molecule has 5 rings (SSSR count). The zero-order chi connectivity index (χ0) is 30.9. The second kappa shape index (κ2) is 14.0. The van der Waals surface area contributed by atoms with E-state index in [4.69, 9.17) is 5.26 Å². The second-order valence-corrected chi connectivity index (χ2v) is 10.1. The number of hydrogen-bond acceptors (Lipinski definition) is 12. The number of piperazine rings is 1. The van der Waals surface area contributed by atoms with Crippen LogP contribution in [0.3, 0.4) is 0 Å². The number of nitrogens with zero attached hydrogens (tertiary/aromatic N) is 8. The highest BCUT2D eigenvalue weighted by Crippen LogP contribution is 2.19. The van der Waals surface area contributed by atoms with Crippen LogP contribution in [0.5, 0.6) is 5.88 Å². The minimum Gasteiger partial charge on any atom is -0.492 e. The van der Waals surface area contributed by atoms with E-state index in [2.05, 4.69) is 51.8 Å². The number of nitrogens with one attached hydrogen (secondary N) is 3. The van der Waals surface area contributed by atoms with Crippen molar-refractivity contribution in [1.29, 1.82) is 5.26 Å².